The Morgan fingerprint density at radius 3 is 3.10 bits per heavy atom. The molecule has 3 rings (SSSR count). The van der Waals surface area contributed by atoms with Gasteiger partial charge in [-0.25, -0.2) is 0 Å². The molecule has 2 heterocycles. The fraction of sp³-hybridized carbons (Fsp3) is 0.375. The first kappa shape index (κ1) is 13.1. The number of hydrogen-bond acceptors (Lipinski definition) is 3. The van der Waals surface area contributed by atoms with E-state index in [1.165, 1.54) is 0 Å². The lowest BCUT2D eigenvalue weighted by molar-refractivity contribution is 0.0536. The van der Waals surface area contributed by atoms with Gasteiger partial charge in [0.1, 0.15) is 0 Å². The number of rotatable bonds is 3. The molecule has 1 saturated heterocycles. The van der Waals surface area contributed by atoms with Gasteiger partial charge in [-0.1, -0.05) is 18.2 Å². The van der Waals surface area contributed by atoms with E-state index in [4.69, 9.17) is 4.74 Å². The van der Waals surface area contributed by atoms with Crippen LogP contribution in [0.4, 0.5) is 0 Å². The molecular weight excluding hydrogens is 252 g/mol. The van der Waals surface area contributed by atoms with Crippen molar-refractivity contribution in [2.24, 2.45) is 5.92 Å². The second kappa shape index (κ2) is 6.01. The third-order valence-corrected chi connectivity index (χ3v) is 3.70. The molecule has 1 atom stereocenters. The summed E-state index contributed by atoms with van der Waals surface area (Å²) in [5, 5.41) is 3.91. The number of hydrogen-bond donors (Lipinski definition) is 1. The topological polar surface area (TPSA) is 51.2 Å². The molecule has 0 saturated carbocycles. The van der Waals surface area contributed by atoms with Crippen LogP contribution in [0.2, 0.25) is 0 Å². The first-order chi connectivity index (χ1) is 9.84. The second-order valence-electron chi connectivity index (χ2n) is 5.17. The summed E-state index contributed by atoms with van der Waals surface area (Å²) in [5.41, 5.74) is 1.54. The van der Waals surface area contributed by atoms with Crippen LogP contribution in [-0.4, -0.2) is 30.6 Å². The third-order valence-electron chi connectivity index (χ3n) is 3.70. The molecule has 0 unspecified atom stereocenters. The average molecular weight is 270 g/mol. The molecule has 0 bridgehead atoms. The smallest absolute Gasteiger partial charge is 0.252 e. The number of amides is 1. The van der Waals surface area contributed by atoms with E-state index in [1.807, 2.05) is 24.3 Å². The zero-order valence-corrected chi connectivity index (χ0v) is 11.3. The number of aromatic nitrogens is 1. The van der Waals surface area contributed by atoms with Crippen molar-refractivity contribution < 1.29 is 9.53 Å². The van der Waals surface area contributed by atoms with Gasteiger partial charge in [0, 0.05) is 24.7 Å². The number of nitrogens with one attached hydrogen (secondary N) is 1. The van der Waals surface area contributed by atoms with Crippen molar-refractivity contribution >= 4 is 16.8 Å². The standard InChI is InChI=1S/C16H18N2O2/c19-16(18-10-12-4-3-9-20-11-12)14-7-8-17-15-6-2-1-5-13(14)15/h1-2,5-8,12H,3-4,9-11H2,(H,18,19)/t12-/m1/s1. The van der Waals surface area contributed by atoms with E-state index in [9.17, 15) is 4.79 Å². The van der Waals surface area contributed by atoms with Gasteiger partial charge in [-0.2, -0.15) is 0 Å². The van der Waals surface area contributed by atoms with E-state index in [1.54, 1.807) is 12.3 Å². The Labute approximate surface area is 118 Å². The maximum absolute atomic E-state index is 12.3. The lowest BCUT2D eigenvalue weighted by Gasteiger charge is -2.22. The average Bonchev–Trinajstić information content (AvgIpc) is 2.53. The number of ether oxygens (including phenoxy) is 1. The molecule has 1 aliphatic rings. The van der Waals surface area contributed by atoms with Crippen molar-refractivity contribution in [2.45, 2.75) is 12.8 Å². The predicted molar refractivity (Wildman–Crippen MR) is 77.6 cm³/mol. The minimum Gasteiger partial charge on any atom is -0.381 e. The second-order valence-corrected chi connectivity index (χ2v) is 5.17. The maximum Gasteiger partial charge on any atom is 0.252 e. The highest BCUT2D eigenvalue weighted by Crippen LogP contribution is 2.17. The summed E-state index contributed by atoms with van der Waals surface area (Å²) in [7, 11) is 0. The van der Waals surface area contributed by atoms with Crippen LogP contribution in [-0.2, 0) is 4.74 Å². The van der Waals surface area contributed by atoms with Crippen LogP contribution >= 0.6 is 0 Å². The van der Waals surface area contributed by atoms with Crippen molar-refractivity contribution in [3.8, 4) is 0 Å². The van der Waals surface area contributed by atoms with Gasteiger partial charge in [0.15, 0.2) is 0 Å². The highest BCUT2D eigenvalue weighted by Gasteiger charge is 2.16. The minimum absolute atomic E-state index is 0.0332. The molecule has 0 spiro atoms. The van der Waals surface area contributed by atoms with Crippen molar-refractivity contribution in [3.63, 3.8) is 0 Å². The minimum atomic E-state index is -0.0332. The molecule has 2 aromatic rings. The highest BCUT2D eigenvalue weighted by atomic mass is 16.5. The quantitative estimate of drug-likeness (QED) is 0.931. The third kappa shape index (κ3) is 2.80. The Morgan fingerprint density at radius 1 is 1.35 bits per heavy atom. The molecule has 0 aliphatic carbocycles. The summed E-state index contributed by atoms with van der Waals surface area (Å²) in [6.07, 6.45) is 3.89. The van der Waals surface area contributed by atoms with Gasteiger partial charge in [-0.3, -0.25) is 9.78 Å². The number of para-hydroxylation sites is 1. The van der Waals surface area contributed by atoms with E-state index >= 15 is 0 Å². The summed E-state index contributed by atoms with van der Waals surface area (Å²) >= 11 is 0. The van der Waals surface area contributed by atoms with E-state index in [0.29, 0.717) is 18.0 Å². The SMILES string of the molecule is O=C(NC[C@H]1CCCOC1)c1ccnc2ccccc12. The zero-order valence-electron chi connectivity index (χ0n) is 11.3. The molecule has 0 radical (unpaired) electrons. The molecule has 4 nitrogen and oxygen atoms in total. The van der Waals surface area contributed by atoms with Gasteiger partial charge < -0.3 is 10.1 Å². The molecule has 1 fully saturated rings. The van der Waals surface area contributed by atoms with Crippen LogP contribution in [0.25, 0.3) is 10.9 Å². The van der Waals surface area contributed by atoms with Crippen LogP contribution < -0.4 is 5.32 Å². The van der Waals surface area contributed by atoms with Crippen LogP contribution in [0.15, 0.2) is 36.5 Å². The van der Waals surface area contributed by atoms with Gasteiger partial charge >= 0.3 is 0 Å². The fourth-order valence-corrected chi connectivity index (χ4v) is 2.59. The Morgan fingerprint density at radius 2 is 2.25 bits per heavy atom. The Hall–Kier alpha value is -1.94. The lowest BCUT2D eigenvalue weighted by Crippen LogP contribution is -2.33. The summed E-state index contributed by atoms with van der Waals surface area (Å²) in [6.45, 7) is 2.27. The molecule has 1 aromatic carbocycles. The number of carbonyl (C=O) groups is 1. The summed E-state index contributed by atoms with van der Waals surface area (Å²) < 4.78 is 5.43. The maximum atomic E-state index is 12.3. The Balaban J connectivity index is 1.72. The molecule has 1 N–H and O–H groups in total. The van der Waals surface area contributed by atoms with Crippen molar-refractivity contribution in [2.75, 3.05) is 19.8 Å². The molecule has 4 heteroatoms. The predicted octanol–water partition coefficient (Wildman–Crippen LogP) is 2.39. The number of nitrogens with zero attached hydrogens (tertiary/aromatic N) is 1. The molecule has 1 aromatic heterocycles. The Bertz CT molecular complexity index is 601. The fourth-order valence-electron chi connectivity index (χ4n) is 2.59. The number of fused-ring (bicyclic) bond motifs is 1. The summed E-state index contributed by atoms with van der Waals surface area (Å²) in [4.78, 5) is 16.6. The van der Waals surface area contributed by atoms with Crippen LogP contribution in [0.5, 0.6) is 0 Å². The lowest BCUT2D eigenvalue weighted by atomic mass is 10.0. The first-order valence-corrected chi connectivity index (χ1v) is 7.04. The number of pyridine rings is 1. The summed E-state index contributed by atoms with van der Waals surface area (Å²) in [6, 6.07) is 9.48. The number of benzene rings is 1. The Kier molecular flexibility index (Phi) is 3.92. The molecule has 104 valence electrons. The van der Waals surface area contributed by atoms with Crippen molar-refractivity contribution in [1.29, 1.82) is 0 Å². The normalized spacial score (nSPS) is 18.9. The molecule has 1 aliphatic heterocycles. The van der Waals surface area contributed by atoms with E-state index in [2.05, 4.69) is 10.3 Å². The monoisotopic (exact) mass is 270 g/mol. The van der Waals surface area contributed by atoms with Crippen LogP contribution in [0, 0.1) is 5.92 Å². The van der Waals surface area contributed by atoms with Gasteiger partial charge in [0.25, 0.3) is 5.91 Å². The largest absolute Gasteiger partial charge is 0.381 e. The van der Waals surface area contributed by atoms with Crippen LogP contribution in [0.1, 0.15) is 23.2 Å². The molecule has 20 heavy (non-hydrogen) atoms. The van der Waals surface area contributed by atoms with Gasteiger partial charge in [-0.15, -0.1) is 0 Å². The van der Waals surface area contributed by atoms with Crippen molar-refractivity contribution in [3.05, 3.63) is 42.1 Å². The van der Waals surface area contributed by atoms with Gasteiger partial charge in [0.05, 0.1) is 17.7 Å². The molecular formula is C16H18N2O2. The van der Waals surface area contributed by atoms with E-state index in [-0.39, 0.29) is 5.91 Å². The molecule has 1 amide bonds. The highest BCUT2D eigenvalue weighted by molar-refractivity contribution is 6.05. The van der Waals surface area contributed by atoms with Crippen molar-refractivity contribution in [1.82, 2.24) is 10.3 Å². The van der Waals surface area contributed by atoms with Crippen LogP contribution in [0.3, 0.4) is 0 Å². The van der Waals surface area contributed by atoms with Gasteiger partial charge in [0.2, 0.25) is 0 Å². The van der Waals surface area contributed by atoms with E-state index in [0.717, 1.165) is 37.0 Å². The zero-order chi connectivity index (χ0) is 13.8. The van der Waals surface area contributed by atoms with Gasteiger partial charge in [-0.05, 0) is 30.9 Å². The summed E-state index contributed by atoms with van der Waals surface area (Å²) in [5.74, 6) is 0.398. The number of carbonyl (C=O) groups excluding carboxylic acids is 1. The first-order valence-electron chi connectivity index (χ1n) is 7.04. The van der Waals surface area contributed by atoms with E-state index < -0.39 is 0 Å².